The Kier molecular flexibility index (Phi) is 2.61. The van der Waals surface area contributed by atoms with Gasteiger partial charge in [0.1, 0.15) is 11.8 Å². The first-order chi connectivity index (χ1) is 7.74. The Hall–Kier alpha value is -2.28. The van der Waals surface area contributed by atoms with Crippen molar-refractivity contribution in [3.8, 4) is 23.1 Å². The first-order valence-corrected chi connectivity index (χ1v) is 4.84. The fourth-order valence-electron chi connectivity index (χ4n) is 1.57. The fraction of sp³-hybridized carbons (Fsp3) is 0.167. The smallest absolute Gasteiger partial charge is 0.210 e. The van der Waals surface area contributed by atoms with Gasteiger partial charge in [0.25, 0.3) is 0 Å². The first-order valence-electron chi connectivity index (χ1n) is 4.84. The lowest BCUT2D eigenvalue weighted by atomic mass is 10.1. The van der Waals surface area contributed by atoms with Crippen molar-refractivity contribution in [3.05, 3.63) is 35.8 Å². The van der Waals surface area contributed by atoms with E-state index in [0.717, 1.165) is 22.6 Å². The lowest BCUT2D eigenvalue weighted by molar-refractivity contribution is 0.412. The highest BCUT2D eigenvalue weighted by atomic mass is 16.5. The molecule has 0 aliphatic heterocycles. The molecule has 0 aliphatic carbocycles. The summed E-state index contributed by atoms with van der Waals surface area (Å²) in [6.07, 6.45) is 1.65. The maximum Gasteiger partial charge on any atom is 0.210 e. The lowest BCUT2D eigenvalue weighted by Gasteiger charge is -2.05. The molecule has 0 atom stereocenters. The largest absolute Gasteiger partial charge is 0.496 e. The van der Waals surface area contributed by atoms with E-state index in [1.807, 2.05) is 31.2 Å². The minimum atomic E-state index is 0.323. The molecular weight excluding hydrogens is 202 g/mol. The number of ether oxygens (including phenoxy) is 1. The van der Waals surface area contributed by atoms with Crippen LogP contribution in [0.3, 0.4) is 0 Å². The Morgan fingerprint density at radius 1 is 1.44 bits per heavy atom. The topological polar surface area (TPSA) is 61.7 Å². The molecule has 2 aromatic rings. The Morgan fingerprint density at radius 3 is 2.81 bits per heavy atom. The van der Waals surface area contributed by atoms with Gasteiger partial charge in [0.15, 0.2) is 0 Å². The van der Waals surface area contributed by atoms with E-state index < -0.39 is 0 Å². The number of benzene rings is 1. The van der Waals surface area contributed by atoms with Crippen LogP contribution in [0.25, 0.3) is 11.3 Å². The summed E-state index contributed by atoms with van der Waals surface area (Å²) >= 11 is 0. The number of aryl methyl sites for hydroxylation is 1. The van der Waals surface area contributed by atoms with Crippen LogP contribution in [-0.2, 0) is 0 Å². The number of nitrogens with zero attached hydrogens (tertiary/aromatic N) is 2. The molecule has 1 N–H and O–H groups in total. The second-order valence-corrected chi connectivity index (χ2v) is 3.44. The molecule has 16 heavy (non-hydrogen) atoms. The molecule has 0 saturated carbocycles. The van der Waals surface area contributed by atoms with Crippen molar-refractivity contribution < 1.29 is 4.74 Å². The van der Waals surface area contributed by atoms with Crippen molar-refractivity contribution in [1.29, 1.82) is 5.26 Å². The van der Waals surface area contributed by atoms with Gasteiger partial charge < -0.3 is 9.72 Å². The first kappa shape index (κ1) is 10.2. The highest BCUT2D eigenvalue weighted by Crippen LogP contribution is 2.24. The number of rotatable bonds is 2. The third-order valence-electron chi connectivity index (χ3n) is 2.39. The Bertz CT molecular complexity index is 552. The molecule has 1 aromatic carbocycles. The van der Waals surface area contributed by atoms with E-state index in [-0.39, 0.29) is 0 Å². The third-order valence-corrected chi connectivity index (χ3v) is 2.39. The van der Waals surface area contributed by atoms with Gasteiger partial charge in [-0.2, -0.15) is 5.26 Å². The van der Waals surface area contributed by atoms with Gasteiger partial charge in [-0.25, -0.2) is 4.98 Å². The average Bonchev–Trinajstić information content (AvgIpc) is 2.77. The Labute approximate surface area is 93.5 Å². The lowest BCUT2D eigenvalue weighted by Crippen LogP contribution is -1.87. The van der Waals surface area contributed by atoms with E-state index >= 15 is 0 Å². The van der Waals surface area contributed by atoms with Gasteiger partial charge in [0, 0.05) is 5.56 Å². The maximum absolute atomic E-state index is 8.67. The number of nitriles is 1. The SMILES string of the molecule is COc1ccc(-c2cnc(C#N)[nH]2)cc1C. The molecule has 4 heteroatoms. The van der Waals surface area contributed by atoms with Crippen molar-refractivity contribution in [2.24, 2.45) is 0 Å². The van der Waals surface area contributed by atoms with Crippen molar-refractivity contribution in [1.82, 2.24) is 9.97 Å². The van der Waals surface area contributed by atoms with Crippen LogP contribution in [0.1, 0.15) is 11.4 Å². The number of hydrogen-bond donors (Lipinski definition) is 1. The van der Waals surface area contributed by atoms with Crippen molar-refractivity contribution in [3.63, 3.8) is 0 Å². The number of aromatic amines is 1. The molecule has 0 spiro atoms. The summed E-state index contributed by atoms with van der Waals surface area (Å²) in [7, 11) is 1.64. The Balaban J connectivity index is 2.42. The molecule has 2 rings (SSSR count). The van der Waals surface area contributed by atoms with Crippen molar-refractivity contribution >= 4 is 0 Å². The van der Waals surface area contributed by atoms with Gasteiger partial charge in [-0.1, -0.05) is 0 Å². The standard InChI is InChI=1S/C12H11N3O/c1-8-5-9(3-4-11(8)16-2)10-7-14-12(6-13)15-10/h3-5,7H,1-2H3,(H,14,15). The monoisotopic (exact) mass is 213 g/mol. The predicted octanol–water partition coefficient (Wildman–Crippen LogP) is 2.27. The number of methoxy groups -OCH3 is 1. The fourth-order valence-corrected chi connectivity index (χ4v) is 1.57. The molecule has 1 aromatic heterocycles. The molecule has 0 bridgehead atoms. The minimum absolute atomic E-state index is 0.323. The van der Waals surface area contributed by atoms with Crippen LogP contribution >= 0.6 is 0 Å². The predicted molar refractivity (Wildman–Crippen MR) is 60.0 cm³/mol. The van der Waals surface area contributed by atoms with Crippen LogP contribution < -0.4 is 4.74 Å². The van der Waals surface area contributed by atoms with Crippen molar-refractivity contribution in [2.75, 3.05) is 7.11 Å². The number of hydrogen-bond acceptors (Lipinski definition) is 3. The van der Waals surface area contributed by atoms with Gasteiger partial charge in [-0.3, -0.25) is 0 Å². The number of aromatic nitrogens is 2. The van der Waals surface area contributed by atoms with E-state index in [0.29, 0.717) is 5.82 Å². The molecule has 0 amide bonds. The molecule has 0 aliphatic rings. The molecule has 0 radical (unpaired) electrons. The summed E-state index contributed by atoms with van der Waals surface area (Å²) in [6.45, 7) is 1.98. The molecule has 1 heterocycles. The van der Waals surface area contributed by atoms with E-state index in [1.54, 1.807) is 13.3 Å². The summed E-state index contributed by atoms with van der Waals surface area (Å²) in [5, 5.41) is 8.67. The second kappa shape index (κ2) is 4.07. The zero-order valence-corrected chi connectivity index (χ0v) is 9.11. The average molecular weight is 213 g/mol. The van der Waals surface area contributed by atoms with Crippen LogP contribution in [0.5, 0.6) is 5.75 Å². The van der Waals surface area contributed by atoms with Crippen LogP contribution in [-0.4, -0.2) is 17.1 Å². The van der Waals surface area contributed by atoms with Crippen LogP contribution in [0, 0.1) is 18.3 Å². The van der Waals surface area contributed by atoms with Gasteiger partial charge in [-0.05, 0) is 30.7 Å². The summed E-state index contributed by atoms with van der Waals surface area (Å²) in [6, 6.07) is 7.79. The van der Waals surface area contributed by atoms with Crippen LogP contribution in [0.15, 0.2) is 24.4 Å². The molecule has 4 nitrogen and oxygen atoms in total. The zero-order chi connectivity index (χ0) is 11.5. The minimum Gasteiger partial charge on any atom is -0.496 e. The molecule has 0 saturated heterocycles. The normalized spacial score (nSPS) is 9.81. The highest BCUT2D eigenvalue weighted by Gasteiger charge is 2.05. The van der Waals surface area contributed by atoms with E-state index in [2.05, 4.69) is 9.97 Å². The third kappa shape index (κ3) is 1.75. The molecular formula is C12H11N3O. The molecule has 80 valence electrons. The number of nitrogens with one attached hydrogen (secondary N) is 1. The quantitative estimate of drug-likeness (QED) is 0.832. The van der Waals surface area contributed by atoms with Crippen molar-refractivity contribution in [2.45, 2.75) is 6.92 Å². The Morgan fingerprint density at radius 2 is 2.25 bits per heavy atom. The van der Waals surface area contributed by atoms with Crippen LogP contribution in [0.2, 0.25) is 0 Å². The van der Waals surface area contributed by atoms with E-state index in [4.69, 9.17) is 10.00 Å². The van der Waals surface area contributed by atoms with Gasteiger partial charge in [-0.15, -0.1) is 0 Å². The van der Waals surface area contributed by atoms with Gasteiger partial charge >= 0.3 is 0 Å². The van der Waals surface area contributed by atoms with Gasteiger partial charge in [0.05, 0.1) is 19.0 Å². The summed E-state index contributed by atoms with van der Waals surface area (Å²) in [5.74, 6) is 1.17. The summed E-state index contributed by atoms with van der Waals surface area (Å²) < 4.78 is 5.18. The summed E-state index contributed by atoms with van der Waals surface area (Å²) in [4.78, 5) is 6.87. The number of H-pyrrole nitrogens is 1. The van der Waals surface area contributed by atoms with E-state index in [9.17, 15) is 0 Å². The van der Waals surface area contributed by atoms with Gasteiger partial charge in [0.2, 0.25) is 5.82 Å². The molecule has 0 fully saturated rings. The summed E-state index contributed by atoms with van der Waals surface area (Å²) in [5.41, 5.74) is 2.88. The second-order valence-electron chi connectivity index (χ2n) is 3.44. The highest BCUT2D eigenvalue weighted by molar-refractivity contribution is 5.61. The molecule has 0 unspecified atom stereocenters. The van der Waals surface area contributed by atoms with E-state index in [1.165, 1.54) is 0 Å². The maximum atomic E-state index is 8.67. The number of imidazole rings is 1. The van der Waals surface area contributed by atoms with Crippen LogP contribution in [0.4, 0.5) is 0 Å². The zero-order valence-electron chi connectivity index (χ0n) is 9.11.